The average molecular weight is 289 g/mol. The second-order valence-corrected chi connectivity index (χ2v) is 4.96. The zero-order valence-corrected chi connectivity index (χ0v) is 12.3. The molecule has 0 fully saturated rings. The zero-order valence-electron chi connectivity index (χ0n) is 10.6. The maximum absolute atomic E-state index is 11.4. The first-order chi connectivity index (χ1) is 8.22. The fourth-order valence-corrected chi connectivity index (χ4v) is 2.25. The molecule has 0 aliphatic heterocycles. The molecular formula is C13H21ClN2OS. The monoisotopic (exact) mass is 288 g/mol. The number of amides is 1. The van der Waals surface area contributed by atoms with Crippen molar-refractivity contribution >= 4 is 30.1 Å². The SMILES string of the molecule is Cc1cccc(CSCC(=O)NCCCN)c1.Cl. The van der Waals surface area contributed by atoms with Gasteiger partial charge in [0.25, 0.3) is 0 Å². The predicted molar refractivity (Wildman–Crippen MR) is 81.3 cm³/mol. The van der Waals surface area contributed by atoms with Gasteiger partial charge in [-0.1, -0.05) is 29.8 Å². The number of carbonyl (C=O) groups excluding carboxylic acids is 1. The fraction of sp³-hybridized carbons (Fsp3) is 0.462. The highest BCUT2D eigenvalue weighted by atomic mass is 35.5. The van der Waals surface area contributed by atoms with Gasteiger partial charge in [-0.05, 0) is 25.5 Å². The third-order valence-electron chi connectivity index (χ3n) is 2.29. The van der Waals surface area contributed by atoms with E-state index in [0.717, 1.165) is 12.2 Å². The van der Waals surface area contributed by atoms with E-state index in [1.165, 1.54) is 11.1 Å². The van der Waals surface area contributed by atoms with Crippen molar-refractivity contribution in [3.05, 3.63) is 35.4 Å². The third-order valence-corrected chi connectivity index (χ3v) is 3.29. The molecule has 0 aliphatic rings. The van der Waals surface area contributed by atoms with Gasteiger partial charge in [-0.2, -0.15) is 0 Å². The summed E-state index contributed by atoms with van der Waals surface area (Å²) in [5.74, 6) is 1.49. The molecule has 18 heavy (non-hydrogen) atoms. The largest absolute Gasteiger partial charge is 0.355 e. The number of carbonyl (C=O) groups is 1. The Labute approximate surface area is 119 Å². The van der Waals surface area contributed by atoms with Crippen LogP contribution in [0.15, 0.2) is 24.3 Å². The summed E-state index contributed by atoms with van der Waals surface area (Å²) >= 11 is 1.64. The molecule has 1 aromatic rings. The number of nitrogens with two attached hydrogens (primary N) is 1. The molecule has 0 aromatic heterocycles. The molecule has 0 spiro atoms. The van der Waals surface area contributed by atoms with Crippen molar-refractivity contribution in [3.8, 4) is 0 Å². The van der Waals surface area contributed by atoms with E-state index in [4.69, 9.17) is 5.73 Å². The molecule has 0 aliphatic carbocycles. The minimum Gasteiger partial charge on any atom is -0.355 e. The fourth-order valence-electron chi connectivity index (χ4n) is 1.44. The summed E-state index contributed by atoms with van der Waals surface area (Å²) in [6, 6.07) is 8.37. The van der Waals surface area contributed by atoms with E-state index in [1.807, 2.05) is 6.07 Å². The van der Waals surface area contributed by atoms with Crippen molar-refractivity contribution in [2.45, 2.75) is 19.1 Å². The lowest BCUT2D eigenvalue weighted by molar-refractivity contribution is -0.118. The molecule has 0 bridgehead atoms. The highest BCUT2D eigenvalue weighted by Crippen LogP contribution is 2.12. The van der Waals surface area contributed by atoms with Gasteiger partial charge in [0, 0.05) is 12.3 Å². The number of hydrogen-bond donors (Lipinski definition) is 2. The predicted octanol–water partition coefficient (Wildman–Crippen LogP) is 2.12. The Hall–Kier alpha value is -0.710. The van der Waals surface area contributed by atoms with Gasteiger partial charge in [0.1, 0.15) is 0 Å². The van der Waals surface area contributed by atoms with Gasteiger partial charge in [0.15, 0.2) is 0 Å². The van der Waals surface area contributed by atoms with Crippen LogP contribution in [0.5, 0.6) is 0 Å². The summed E-state index contributed by atoms with van der Waals surface area (Å²) in [5, 5.41) is 2.84. The second-order valence-electron chi connectivity index (χ2n) is 3.97. The normalized spacial score (nSPS) is 9.67. The van der Waals surface area contributed by atoms with Crippen LogP contribution in [0, 0.1) is 6.92 Å². The number of thioether (sulfide) groups is 1. The summed E-state index contributed by atoms with van der Waals surface area (Å²) in [6.45, 7) is 3.38. The van der Waals surface area contributed by atoms with E-state index in [2.05, 4.69) is 30.4 Å². The van der Waals surface area contributed by atoms with E-state index in [9.17, 15) is 4.79 Å². The van der Waals surface area contributed by atoms with Gasteiger partial charge in [-0.25, -0.2) is 0 Å². The Morgan fingerprint density at radius 2 is 2.22 bits per heavy atom. The first-order valence-electron chi connectivity index (χ1n) is 5.82. The molecule has 0 heterocycles. The summed E-state index contributed by atoms with van der Waals surface area (Å²) in [5.41, 5.74) is 7.88. The van der Waals surface area contributed by atoms with Crippen molar-refractivity contribution in [1.82, 2.24) is 5.32 Å². The van der Waals surface area contributed by atoms with Gasteiger partial charge in [-0.3, -0.25) is 4.79 Å². The molecule has 0 radical (unpaired) electrons. The molecule has 0 unspecified atom stereocenters. The second kappa shape index (κ2) is 10.2. The Morgan fingerprint density at radius 1 is 1.44 bits per heavy atom. The maximum Gasteiger partial charge on any atom is 0.230 e. The molecule has 1 amide bonds. The zero-order chi connectivity index (χ0) is 12.5. The van der Waals surface area contributed by atoms with Crippen LogP contribution >= 0.6 is 24.2 Å². The minimum absolute atomic E-state index is 0. The summed E-state index contributed by atoms with van der Waals surface area (Å²) in [6.07, 6.45) is 0.842. The van der Waals surface area contributed by atoms with Crippen LogP contribution in [-0.2, 0) is 10.5 Å². The number of halogens is 1. The lowest BCUT2D eigenvalue weighted by Gasteiger charge is -2.04. The van der Waals surface area contributed by atoms with Crippen LogP contribution in [-0.4, -0.2) is 24.7 Å². The van der Waals surface area contributed by atoms with Gasteiger partial charge in [-0.15, -0.1) is 24.2 Å². The third kappa shape index (κ3) is 7.58. The molecule has 1 aromatic carbocycles. The average Bonchev–Trinajstić information content (AvgIpc) is 2.29. The molecule has 102 valence electrons. The molecule has 0 atom stereocenters. The smallest absolute Gasteiger partial charge is 0.230 e. The van der Waals surface area contributed by atoms with Gasteiger partial charge in [0.2, 0.25) is 5.91 Å². The van der Waals surface area contributed by atoms with Crippen LogP contribution in [0.25, 0.3) is 0 Å². The summed E-state index contributed by atoms with van der Waals surface area (Å²) < 4.78 is 0. The van der Waals surface area contributed by atoms with Crippen LogP contribution in [0.1, 0.15) is 17.5 Å². The van der Waals surface area contributed by atoms with Gasteiger partial charge >= 0.3 is 0 Å². The van der Waals surface area contributed by atoms with Crippen molar-refractivity contribution in [3.63, 3.8) is 0 Å². The van der Waals surface area contributed by atoms with Crippen molar-refractivity contribution in [2.24, 2.45) is 5.73 Å². The number of aryl methyl sites for hydroxylation is 1. The van der Waals surface area contributed by atoms with Crippen LogP contribution in [0.2, 0.25) is 0 Å². The van der Waals surface area contributed by atoms with Crippen LogP contribution < -0.4 is 11.1 Å². The number of benzene rings is 1. The molecular weight excluding hydrogens is 268 g/mol. The number of nitrogens with one attached hydrogen (secondary N) is 1. The molecule has 5 heteroatoms. The first-order valence-corrected chi connectivity index (χ1v) is 6.98. The molecule has 0 saturated heterocycles. The quantitative estimate of drug-likeness (QED) is 0.756. The topological polar surface area (TPSA) is 55.1 Å². The highest BCUT2D eigenvalue weighted by molar-refractivity contribution is 7.99. The first kappa shape index (κ1) is 17.3. The van der Waals surface area contributed by atoms with E-state index < -0.39 is 0 Å². The molecule has 0 saturated carbocycles. The Kier molecular flexibility index (Phi) is 9.83. The standard InChI is InChI=1S/C13H20N2OS.ClH/c1-11-4-2-5-12(8-11)9-17-10-13(16)15-7-3-6-14;/h2,4-5,8H,3,6-7,9-10,14H2,1H3,(H,15,16);1H. The van der Waals surface area contributed by atoms with E-state index in [-0.39, 0.29) is 18.3 Å². The molecule has 3 N–H and O–H groups in total. The Morgan fingerprint density at radius 3 is 2.89 bits per heavy atom. The molecule has 3 nitrogen and oxygen atoms in total. The van der Waals surface area contributed by atoms with E-state index in [1.54, 1.807) is 11.8 Å². The van der Waals surface area contributed by atoms with Gasteiger partial charge < -0.3 is 11.1 Å². The summed E-state index contributed by atoms with van der Waals surface area (Å²) in [4.78, 5) is 11.4. The lowest BCUT2D eigenvalue weighted by atomic mass is 10.2. The van der Waals surface area contributed by atoms with Crippen LogP contribution in [0.4, 0.5) is 0 Å². The summed E-state index contributed by atoms with van der Waals surface area (Å²) in [7, 11) is 0. The van der Waals surface area contributed by atoms with Crippen molar-refractivity contribution < 1.29 is 4.79 Å². The minimum atomic E-state index is 0. The van der Waals surface area contributed by atoms with E-state index in [0.29, 0.717) is 18.8 Å². The Balaban J connectivity index is 0.00000289. The maximum atomic E-state index is 11.4. The number of hydrogen-bond acceptors (Lipinski definition) is 3. The van der Waals surface area contributed by atoms with Crippen molar-refractivity contribution in [2.75, 3.05) is 18.8 Å². The van der Waals surface area contributed by atoms with E-state index >= 15 is 0 Å². The van der Waals surface area contributed by atoms with Gasteiger partial charge in [0.05, 0.1) is 5.75 Å². The van der Waals surface area contributed by atoms with Crippen LogP contribution in [0.3, 0.4) is 0 Å². The number of rotatable bonds is 7. The molecule has 1 rings (SSSR count). The highest BCUT2D eigenvalue weighted by Gasteiger charge is 2.01. The lowest BCUT2D eigenvalue weighted by Crippen LogP contribution is -2.27. The van der Waals surface area contributed by atoms with Crippen molar-refractivity contribution in [1.29, 1.82) is 0 Å². The Bertz CT molecular complexity index is 361.